The summed E-state index contributed by atoms with van der Waals surface area (Å²) in [4.78, 5) is 25.8. The lowest BCUT2D eigenvalue weighted by Crippen LogP contribution is -2.44. The highest BCUT2D eigenvalue weighted by atomic mass is 32.2. The van der Waals surface area contributed by atoms with Gasteiger partial charge in [0.2, 0.25) is 0 Å². The molecule has 1 aliphatic heterocycles. The average molecular weight is 409 g/mol. The van der Waals surface area contributed by atoms with Crippen molar-refractivity contribution in [3.63, 3.8) is 0 Å². The molecule has 1 atom stereocenters. The second-order valence-corrected chi connectivity index (χ2v) is 7.86. The van der Waals surface area contributed by atoms with E-state index in [2.05, 4.69) is 0 Å². The quantitative estimate of drug-likeness (QED) is 0.519. The van der Waals surface area contributed by atoms with Crippen LogP contribution < -0.4 is 4.74 Å². The Balaban J connectivity index is 2.17. The number of benzene rings is 1. The average Bonchev–Trinajstić information content (AvgIpc) is 2.89. The zero-order valence-electron chi connectivity index (χ0n) is 13.9. The summed E-state index contributed by atoms with van der Waals surface area (Å²) < 4.78 is 5.43. The zero-order chi connectivity index (χ0) is 19.1. The van der Waals surface area contributed by atoms with Crippen molar-refractivity contribution in [1.29, 1.82) is 5.26 Å². The molecule has 0 saturated carbocycles. The Morgan fingerprint density at radius 2 is 2.19 bits per heavy atom. The molecule has 1 aromatic rings. The Kier molecular flexibility index (Phi) is 7.50. The van der Waals surface area contributed by atoms with Crippen LogP contribution in [0.5, 0.6) is 5.75 Å². The minimum absolute atomic E-state index is 0.0371. The highest BCUT2D eigenvalue weighted by Gasteiger charge is 2.40. The molecule has 1 saturated heterocycles. The van der Waals surface area contributed by atoms with Gasteiger partial charge in [0.25, 0.3) is 5.91 Å². The van der Waals surface area contributed by atoms with Crippen molar-refractivity contribution in [1.82, 2.24) is 4.90 Å². The number of nitrogens with zero attached hydrogens (tertiary/aromatic N) is 2. The van der Waals surface area contributed by atoms with Crippen molar-refractivity contribution in [2.24, 2.45) is 0 Å². The fraction of sp³-hybridized carbons (Fsp3) is 0.294. The van der Waals surface area contributed by atoms with E-state index < -0.39 is 17.9 Å². The number of carboxylic acid groups (broad SMARTS) is 1. The van der Waals surface area contributed by atoms with Crippen molar-refractivity contribution >= 4 is 58.0 Å². The first-order chi connectivity index (χ1) is 12.5. The number of rotatable bonds is 8. The maximum Gasteiger partial charge on any atom is 0.326 e. The molecule has 6 nitrogen and oxygen atoms in total. The number of carboxylic acids is 1. The molecule has 1 amide bonds. The van der Waals surface area contributed by atoms with Gasteiger partial charge in [-0.3, -0.25) is 9.69 Å². The number of hydrogen-bond acceptors (Lipinski definition) is 7. The fourth-order valence-electron chi connectivity index (χ4n) is 2.27. The van der Waals surface area contributed by atoms with E-state index in [9.17, 15) is 14.7 Å². The molecular formula is C17H16N2O4S3. The zero-order valence-corrected chi connectivity index (χ0v) is 16.3. The van der Waals surface area contributed by atoms with E-state index in [0.717, 1.165) is 17.3 Å². The second kappa shape index (κ2) is 9.62. The third-order valence-corrected chi connectivity index (χ3v) is 5.47. The van der Waals surface area contributed by atoms with Crippen molar-refractivity contribution in [2.75, 3.05) is 18.6 Å². The number of aliphatic carboxylic acids is 1. The SMILES string of the molecule is CSCC[C@@H](C(=O)O)N1C(=O)/C(=C\c2ccc(OCC#N)cc2)SC1=S. The number of carbonyl (C=O) groups excluding carboxylic acids is 1. The van der Waals surface area contributed by atoms with E-state index in [1.807, 2.05) is 12.3 Å². The second-order valence-electron chi connectivity index (χ2n) is 5.20. The highest BCUT2D eigenvalue weighted by Crippen LogP contribution is 2.35. The summed E-state index contributed by atoms with van der Waals surface area (Å²) in [5.41, 5.74) is 0.755. The molecule has 1 heterocycles. The minimum Gasteiger partial charge on any atom is -0.480 e. The van der Waals surface area contributed by atoms with Crippen LogP contribution in [-0.4, -0.2) is 50.9 Å². The Labute approximate surface area is 165 Å². The maximum atomic E-state index is 12.7. The lowest BCUT2D eigenvalue weighted by molar-refractivity contribution is -0.145. The molecule has 0 aliphatic carbocycles. The molecule has 0 bridgehead atoms. The normalized spacial score (nSPS) is 16.6. The van der Waals surface area contributed by atoms with E-state index in [1.54, 1.807) is 30.3 Å². The van der Waals surface area contributed by atoms with Crippen LogP contribution in [0.2, 0.25) is 0 Å². The van der Waals surface area contributed by atoms with Gasteiger partial charge in [0.05, 0.1) is 4.91 Å². The smallest absolute Gasteiger partial charge is 0.326 e. The maximum absolute atomic E-state index is 12.7. The lowest BCUT2D eigenvalue weighted by atomic mass is 10.1. The molecule has 0 aromatic heterocycles. The van der Waals surface area contributed by atoms with Crippen LogP contribution in [0, 0.1) is 11.3 Å². The number of nitriles is 1. The molecule has 136 valence electrons. The predicted molar refractivity (Wildman–Crippen MR) is 107 cm³/mol. The van der Waals surface area contributed by atoms with Gasteiger partial charge in [0.1, 0.15) is 22.2 Å². The Bertz CT molecular complexity index is 771. The van der Waals surface area contributed by atoms with Gasteiger partial charge < -0.3 is 9.84 Å². The van der Waals surface area contributed by atoms with Crippen LogP contribution in [0.4, 0.5) is 0 Å². The van der Waals surface area contributed by atoms with Crippen molar-refractivity contribution in [2.45, 2.75) is 12.5 Å². The molecular weight excluding hydrogens is 392 g/mol. The van der Waals surface area contributed by atoms with Crippen LogP contribution in [0.25, 0.3) is 6.08 Å². The van der Waals surface area contributed by atoms with Crippen LogP contribution in [0.3, 0.4) is 0 Å². The summed E-state index contributed by atoms with van der Waals surface area (Å²) in [5, 5.41) is 17.9. The van der Waals surface area contributed by atoms with Gasteiger partial charge in [-0.1, -0.05) is 36.1 Å². The molecule has 26 heavy (non-hydrogen) atoms. The first-order valence-electron chi connectivity index (χ1n) is 7.56. The van der Waals surface area contributed by atoms with E-state index in [4.69, 9.17) is 22.2 Å². The van der Waals surface area contributed by atoms with Gasteiger partial charge in [-0.2, -0.15) is 17.0 Å². The highest BCUT2D eigenvalue weighted by molar-refractivity contribution is 8.26. The van der Waals surface area contributed by atoms with E-state index in [-0.39, 0.29) is 10.9 Å². The number of thiocarbonyl (C=S) groups is 1. The number of ether oxygens (including phenoxy) is 1. The Morgan fingerprint density at radius 3 is 2.77 bits per heavy atom. The summed E-state index contributed by atoms with van der Waals surface area (Å²) in [7, 11) is 0. The molecule has 1 aliphatic rings. The number of carbonyl (C=O) groups is 2. The summed E-state index contributed by atoms with van der Waals surface area (Å²) in [6, 6.07) is 7.83. The topological polar surface area (TPSA) is 90.6 Å². The summed E-state index contributed by atoms with van der Waals surface area (Å²) >= 11 is 7.85. The van der Waals surface area contributed by atoms with Gasteiger partial charge in [0.15, 0.2) is 6.61 Å². The number of amides is 1. The monoisotopic (exact) mass is 408 g/mol. The summed E-state index contributed by atoms with van der Waals surface area (Å²) in [5.74, 6) is -0.273. The van der Waals surface area contributed by atoms with Crippen molar-refractivity contribution in [3.05, 3.63) is 34.7 Å². The first kappa shape index (κ1) is 20.3. The summed E-state index contributed by atoms with van der Waals surface area (Å²) in [6.07, 6.45) is 3.88. The summed E-state index contributed by atoms with van der Waals surface area (Å²) in [6.45, 7) is -0.0371. The Morgan fingerprint density at radius 1 is 1.50 bits per heavy atom. The third-order valence-electron chi connectivity index (χ3n) is 3.50. The molecule has 1 N–H and O–H groups in total. The van der Waals surface area contributed by atoms with Crippen LogP contribution >= 0.6 is 35.7 Å². The van der Waals surface area contributed by atoms with Gasteiger partial charge in [0, 0.05) is 0 Å². The predicted octanol–water partition coefficient (Wildman–Crippen LogP) is 3.00. The molecule has 1 fully saturated rings. The van der Waals surface area contributed by atoms with E-state index >= 15 is 0 Å². The molecule has 1 aromatic carbocycles. The molecule has 2 rings (SSSR count). The van der Waals surface area contributed by atoms with Gasteiger partial charge in [-0.25, -0.2) is 4.79 Å². The molecule has 9 heteroatoms. The van der Waals surface area contributed by atoms with Crippen molar-refractivity contribution in [3.8, 4) is 11.8 Å². The number of hydrogen-bond donors (Lipinski definition) is 1. The van der Waals surface area contributed by atoms with E-state index in [1.165, 1.54) is 16.7 Å². The van der Waals surface area contributed by atoms with Crippen LogP contribution in [0.15, 0.2) is 29.2 Å². The number of thioether (sulfide) groups is 2. The minimum atomic E-state index is -1.06. The van der Waals surface area contributed by atoms with Gasteiger partial charge in [-0.05, 0) is 42.2 Å². The molecule has 0 radical (unpaired) electrons. The third kappa shape index (κ3) is 5.00. The molecule has 0 unspecified atom stereocenters. The van der Waals surface area contributed by atoms with Gasteiger partial charge in [-0.15, -0.1) is 0 Å². The Hall–Kier alpha value is -2.02. The fourth-order valence-corrected chi connectivity index (χ4v) is 4.08. The lowest BCUT2D eigenvalue weighted by Gasteiger charge is -2.22. The molecule has 0 spiro atoms. The largest absolute Gasteiger partial charge is 0.480 e. The van der Waals surface area contributed by atoms with E-state index in [0.29, 0.717) is 22.8 Å². The van der Waals surface area contributed by atoms with Crippen LogP contribution in [-0.2, 0) is 9.59 Å². The van der Waals surface area contributed by atoms with Gasteiger partial charge >= 0.3 is 5.97 Å². The standard InChI is InChI=1S/C17H16N2O4S3/c1-25-9-6-13(16(21)22)19-15(20)14(26-17(19)24)10-11-2-4-12(5-3-11)23-8-7-18/h2-5,10,13H,6,8-9H2,1H3,(H,21,22)/b14-10+/t13-/m0/s1. The first-order valence-corrected chi connectivity index (χ1v) is 10.2. The van der Waals surface area contributed by atoms with Crippen molar-refractivity contribution < 1.29 is 19.4 Å². The van der Waals surface area contributed by atoms with Crippen LogP contribution in [0.1, 0.15) is 12.0 Å².